The van der Waals surface area contributed by atoms with Crippen molar-refractivity contribution >= 4 is 17.1 Å². The largest absolute Gasteiger partial charge is 0.330 e. The van der Waals surface area contributed by atoms with Crippen LogP contribution < -0.4 is 5.73 Å². The molecule has 0 spiro atoms. The van der Waals surface area contributed by atoms with Crippen LogP contribution in [0.2, 0.25) is 0 Å². The Morgan fingerprint density at radius 1 is 1.43 bits per heavy atom. The monoisotopic (exact) mass is 211 g/mol. The third-order valence-electron chi connectivity index (χ3n) is 2.16. The number of hydrogen-bond acceptors (Lipinski definition) is 3. The van der Waals surface area contributed by atoms with Crippen LogP contribution in [0.5, 0.6) is 0 Å². The van der Waals surface area contributed by atoms with E-state index in [4.69, 9.17) is 5.73 Å². The van der Waals surface area contributed by atoms with Crippen molar-refractivity contribution in [2.45, 2.75) is 32.6 Å². The minimum absolute atomic E-state index is 0.270. The zero-order chi connectivity index (χ0) is 10.4. The lowest BCUT2D eigenvalue weighted by molar-refractivity contribution is 0.0979. The smallest absolute Gasteiger partial charge is 0.163 e. The molecule has 0 saturated carbocycles. The fraction of sp³-hybridized carbons (Fsp3) is 0.545. The average molecular weight is 211 g/mol. The minimum Gasteiger partial charge on any atom is -0.330 e. The van der Waals surface area contributed by atoms with E-state index in [0.29, 0.717) is 6.42 Å². The summed E-state index contributed by atoms with van der Waals surface area (Å²) in [6.07, 6.45) is 3.71. The zero-order valence-electron chi connectivity index (χ0n) is 8.58. The number of hydrogen-bond donors (Lipinski definition) is 1. The molecule has 78 valence electrons. The molecule has 0 amide bonds. The first kappa shape index (κ1) is 11.4. The van der Waals surface area contributed by atoms with E-state index >= 15 is 0 Å². The van der Waals surface area contributed by atoms with Crippen molar-refractivity contribution in [3.8, 4) is 0 Å². The van der Waals surface area contributed by atoms with E-state index in [1.54, 1.807) is 11.3 Å². The Morgan fingerprint density at radius 2 is 2.21 bits per heavy atom. The molecular weight excluding hydrogens is 194 g/mol. The van der Waals surface area contributed by atoms with Gasteiger partial charge in [0.15, 0.2) is 5.78 Å². The van der Waals surface area contributed by atoms with Gasteiger partial charge in [-0.25, -0.2) is 0 Å². The number of carbonyl (C=O) groups excluding carboxylic acids is 1. The number of carbonyl (C=O) groups is 1. The molecule has 0 fully saturated rings. The van der Waals surface area contributed by atoms with Crippen molar-refractivity contribution in [1.29, 1.82) is 0 Å². The average Bonchev–Trinajstić information content (AvgIpc) is 2.59. The maximum atomic E-state index is 11.6. The van der Waals surface area contributed by atoms with Crippen LogP contribution in [-0.4, -0.2) is 12.3 Å². The van der Waals surface area contributed by atoms with Crippen molar-refractivity contribution in [3.63, 3.8) is 0 Å². The summed E-state index contributed by atoms with van der Waals surface area (Å²) in [7, 11) is 0. The molecule has 0 atom stereocenters. The van der Waals surface area contributed by atoms with Crippen LogP contribution >= 0.6 is 11.3 Å². The van der Waals surface area contributed by atoms with Gasteiger partial charge in [-0.2, -0.15) is 0 Å². The molecular formula is C11H17NOS. The molecule has 0 radical (unpaired) electrons. The van der Waals surface area contributed by atoms with E-state index in [1.165, 1.54) is 4.88 Å². The molecule has 1 heterocycles. The highest BCUT2D eigenvalue weighted by Crippen LogP contribution is 2.15. The van der Waals surface area contributed by atoms with Gasteiger partial charge >= 0.3 is 0 Å². The number of thiophene rings is 1. The van der Waals surface area contributed by atoms with Crippen molar-refractivity contribution < 1.29 is 4.79 Å². The Labute approximate surface area is 89.1 Å². The first-order valence-corrected chi connectivity index (χ1v) is 5.90. The number of rotatable bonds is 6. The van der Waals surface area contributed by atoms with Crippen molar-refractivity contribution in [2.75, 3.05) is 6.54 Å². The summed E-state index contributed by atoms with van der Waals surface area (Å²) in [5.74, 6) is 0.270. The van der Waals surface area contributed by atoms with E-state index < -0.39 is 0 Å². The summed E-state index contributed by atoms with van der Waals surface area (Å²) in [6, 6.07) is 1.97. The van der Waals surface area contributed by atoms with Gasteiger partial charge in [-0.3, -0.25) is 4.79 Å². The number of nitrogens with two attached hydrogens (primary N) is 1. The van der Waals surface area contributed by atoms with Gasteiger partial charge in [0, 0.05) is 22.2 Å². The molecule has 2 nitrogen and oxygen atoms in total. The second kappa shape index (κ2) is 5.94. The number of aryl methyl sites for hydroxylation is 1. The Hall–Kier alpha value is -0.670. The second-order valence-electron chi connectivity index (χ2n) is 3.47. The highest BCUT2D eigenvalue weighted by molar-refractivity contribution is 7.10. The minimum atomic E-state index is 0.270. The predicted molar refractivity (Wildman–Crippen MR) is 60.9 cm³/mol. The van der Waals surface area contributed by atoms with Gasteiger partial charge in [-0.15, -0.1) is 11.3 Å². The van der Waals surface area contributed by atoms with Gasteiger partial charge in [0.05, 0.1) is 0 Å². The molecule has 1 aromatic rings. The highest BCUT2D eigenvalue weighted by atomic mass is 32.1. The van der Waals surface area contributed by atoms with Crippen LogP contribution in [0.25, 0.3) is 0 Å². The molecule has 0 aliphatic carbocycles. The molecule has 1 aromatic heterocycles. The van der Waals surface area contributed by atoms with E-state index in [0.717, 1.165) is 31.4 Å². The van der Waals surface area contributed by atoms with Crippen molar-refractivity contribution in [2.24, 2.45) is 5.73 Å². The Bertz CT molecular complexity index is 293. The maximum absolute atomic E-state index is 11.6. The lowest BCUT2D eigenvalue weighted by Gasteiger charge is -1.97. The van der Waals surface area contributed by atoms with E-state index in [1.807, 2.05) is 18.4 Å². The van der Waals surface area contributed by atoms with E-state index in [9.17, 15) is 4.79 Å². The van der Waals surface area contributed by atoms with Crippen LogP contribution in [-0.2, 0) is 0 Å². The van der Waals surface area contributed by atoms with E-state index in [-0.39, 0.29) is 5.78 Å². The second-order valence-corrected chi connectivity index (χ2v) is 4.58. The molecule has 0 aliphatic heterocycles. The fourth-order valence-corrected chi connectivity index (χ4v) is 2.05. The fourth-order valence-electron chi connectivity index (χ4n) is 1.34. The SMILES string of the molecule is Cc1cc(C(=O)CCCCCN)cs1. The molecule has 1 rings (SSSR count). The van der Waals surface area contributed by atoms with Crippen molar-refractivity contribution in [1.82, 2.24) is 0 Å². The van der Waals surface area contributed by atoms with Crippen molar-refractivity contribution in [3.05, 3.63) is 21.9 Å². The summed E-state index contributed by atoms with van der Waals surface area (Å²) in [5.41, 5.74) is 6.25. The Morgan fingerprint density at radius 3 is 2.79 bits per heavy atom. The molecule has 0 bridgehead atoms. The predicted octanol–water partition coefficient (Wildman–Crippen LogP) is 2.76. The first-order valence-electron chi connectivity index (χ1n) is 5.02. The first-order chi connectivity index (χ1) is 6.74. The molecule has 0 aromatic carbocycles. The zero-order valence-corrected chi connectivity index (χ0v) is 9.40. The number of Topliss-reactive ketones (excluding diaryl/α,β-unsaturated/α-hetero) is 1. The lowest BCUT2D eigenvalue weighted by atomic mass is 10.1. The van der Waals surface area contributed by atoms with Crippen LogP contribution in [0.1, 0.15) is 40.9 Å². The van der Waals surface area contributed by atoms with Crippen LogP contribution in [0, 0.1) is 6.92 Å². The molecule has 14 heavy (non-hydrogen) atoms. The number of ketones is 1. The summed E-state index contributed by atoms with van der Waals surface area (Å²) >= 11 is 1.64. The molecule has 2 N–H and O–H groups in total. The quantitative estimate of drug-likeness (QED) is 0.581. The summed E-state index contributed by atoms with van der Waals surface area (Å²) in [5, 5.41) is 1.95. The van der Waals surface area contributed by atoms with Gasteiger partial charge in [0.25, 0.3) is 0 Å². The van der Waals surface area contributed by atoms with Gasteiger partial charge < -0.3 is 5.73 Å². The third-order valence-corrected chi connectivity index (χ3v) is 3.02. The van der Waals surface area contributed by atoms with Crippen LogP contribution in [0.15, 0.2) is 11.4 Å². The Kier molecular flexibility index (Phi) is 4.84. The summed E-state index contributed by atoms with van der Waals surface area (Å²) in [4.78, 5) is 12.8. The summed E-state index contributed by atoms with van der Waals surface area (Å²) in [6.45, 7) is 2.75. The normalized spacial score (nSPS) is 10.4. The lowest BCUT2D eigenvalue weighted by Crippen LogP contribution is -2.00. The van der Waals surface area contributed by atoms with Gasteiger partial charge in [-0.1, -0.05) is 6.42 Å². The Balaban J connectivity index is 2.29. The maximum Gasteiger partial charge on any atom is 0.163 e. The number of unbranched alkanes of at least 4 members (excludes halogenated alkanes) is 2. The third kappa shape index (κ3) is 3.60. The van der Waals surface area contributed by atoms with Gasteiger partial charge in [0.2, 0.25) is 0 Å². The molecule has 0 unspecified atom stereocenters. The van der Waals surface area contributed by atoms with Gasteiger partial charge in [0.1, 0.15) is 0 Å². The van der Waals surface area contributed by atoms with Crippen LogP contribution in [0.4, 0.5) is 0 Å². The highest BCUT2D eigenvalue weighted by Gasteiger charge is 2.06. The molecule has 3 heteroatoms. The molecule has 0 aliphatic rings. The molecule has 0 saturated heterocycles. The summed E-state index contributed by atoms with van der Waals surface area (Å²) < 4.78 is 0. The van der Waals surface area contributed by atoms with Crippen LogP contribution in [0.3, 0.4) is 0 Å². The standard InChI is InChI=1S/C11H17NOS/c1-9-7-10(8-14-9)11(13)5-3-2-4-6-12/h7-8H,2-6,12H2,1H3. The van der Waals surface area contributed by atoms with Gasteiger partial charge in [-0.05, 0) is 32.4 Å². The van der Waals surface area contributed by atoms with E-state index in [2.05, 4.69) is 0 Å². The topological polar surface area (TPSA) is 43.1 Å².